The van der Waals surface area contributed by atoms with Crippen molar-refractivity contribution in [2.24, 2.45) is 0 Å². The van der Waals surface area contributed by atoms with Crippen LogP contribution in [0.15, 0.2) is 18.5 Å². The molecular weight excluding hydrogens is 269 g/mol. The number of pyridine rings is 1. The maximum atomic E-state index is 6.16. The Hall–Kier alpha value is -1.19. The first-order chi connectivity index (χ1) is 8.63. The van der Waals surface area contributed by atoms with Gasteiger partial charge in [0.25, 0.3) is 0 Å². The average Bonchev–Trinajstić information content (AvgIpc) is 2.34. The van der Waals surface area contributed by atoms with E-state index >= 15 is 0 Å². The summed E-state index contributed by atoms with van der Waals surface area (Å²) in [6.07, 6.45) is 5.21. The van der Waals surface area contributed by atoms with E-state index in [2.05, 4.69) is 21.9 Å². The molecule has 0 radical (unpaired) electrons. The van der Waals surface area contributed by atoms with Crippen molar-refractivity contribution in [1.82, 2.24) is 15.0 Å². The van der Waals surface area contributed by atoms with Crippen LogP contribution in [0.2, 0.25) is 10.3 Å². The lowest BCUT2D eigenvalue weighted by atomic mass is 10.1. The van der Waals surface area contributed by atoms with Gasteiger partial charge in [0.15, 0.2) is 5.82 Å². The summed E-state index contributed by atoms with van der Waals surface area (Å²) in [5.41, 5.74) is 2.71. The fraction of sp³-hybridized carbons (Fsp3) is 0.308. The lowest BCUT2D eigenvalue weighted by molar-refractivity contribution is 0.902. The minimum atomic E-state index is 0.433. The Bertz CT molecular complexity index is 547. The molecule has 0 fully saturated rings. The van der Waals surface area contributed by atoms with E-state index in [9.17, 15) is 0 Å². The standard InChI is InChI=1S/C13H13Cl2N3/c1-3-4-10-11(14)17-13(18-12(10)15)9-5-6-16-7-8(9)2/h5-7H,3-4H2,1-2H3. The molecule has 0 unspecified atom stereocenters. The normalized spacial score (nSPS) is 10.7. The number of aromatic nitrogens is 3. The Labute approximate surface area is 116 Å². The van der Waals surface area contributed by atoms with Crippen molar-refractivity contribution in [2.75, 3.05) is 0 Å². The van der Waals surface area contributed by atoms with E-state index in [0.29, 0.717) is 16.1 Å². The molecule has 2 aromatic rings. The van der Waals surface area contributed by atoms with E-state index in [1.165, 1.54) is 0 Å². The first-order valence-electron chi connectivity index (χ1n) is 5.76. The van der Waals surface area contributed by atoms with Gasteiger partial charge in [0.05, 0.1) is 0 Å². The fourth-order valence-corrected chi connectivity index (χ4v) is 2.31. The Balaban J connectivity index is 2.52. The zero-order valence-electron chi connectivity index (χ0n) is 10.2. The predicted molar refractivity (Wildman–Crippen MR) is 74.0 cm³/mol. The molecule has 0 bridgehead atoms. The molecule has 0 aliphatic carbocycles. The van der Waals surface area contributed by atoms with Gasteiger partial charge in [0.1, 0.15) is 10.3 Å². The average molecular weight is 282 g/mol. The van der Waals surface area contributed by atoms with Gasteiger partial charge in [-0.3, -0.25) is 4.98 Å². The summed E-state index contributed by atoms with van der Waals surface area (Å²) in [5, 5.41) is 0.867. The lowest BCUT2D eigenvalue weighted by Crippen LogP contribution is -1.98. The quantitative estimate of drug-likeness (QED) is 0.795. The molecule has 0 spiro atoms. The molecule has 0 aromatic carbocycles. The van der Waals surface area contributed by atoms with Crippen LogP contribution in [0.1, 0.15) is 24.5 Å². The Morgan fingerprint density at radius 1 is 1.17 bits per heavy atom. The molecule has 0 aliphatic heterocycles. The lowest BCUT2D eigenvalue weighted by Gasteiger charge is -2.08. The van der Waals surface area contributed by atoms with Crippen LogP contribution in [-0.2, 0) is 6.42 Å². The highest BCUT2D eigenvalue weighted by Crippen LogP contribution is 2.27. The van der Waals surface area contributed by atoms with Crippen molar-refractivity contribution < 1.29 is 0 Å². The molecule has 0 saturated heterocycles. The van der Waals surface area contributed by atoms with Crippen molar-refractivity contribution in [3.8, 4) is 11.4 Å². The van der Waals surface area contributed by atoms with Crippen molar-refractivity contribution in [2.45, 2.75) is 26.7 Å². The van der Waals surface area contributed by atoms with Gasteiger partial charge in [-0.2, -0.15) is 0 Å². The van der Waals surface area contributed by atoms with Crippen molar-refractivity contribution in [3.63, 3.8) is 0 Å². The minimum absolute atomic E-state index is 0.433. The van der Waals surface area contributed by atoms with E-state index in [1.54, 1.807) is 12.4 Å². The van der Waals surface area contributed by atoms with Gasteiger partial charge in [-0.25, -0.2) is 9.97 Å². The molecule has 2 aromatic heterocycles. The molecule has 0 aliphatic rings. The van der Waals surface area contributed by atoms with Gasteiger partial charge in [-0.15, -0.1) is 0 Å². The summed E-state index contributed by atoms with van der Waals surface area (Å²) in [5.74, 6) is 0.546. The molecule has 0 N–H and O–H groups in total. The fourth-order valence-electron chi connectivity index (χ4n) is 1.73. The number of nitrogens with zero attached hydrogens (tertiary/aromatic N) is 3. The largest absolute Gasteiger partial charge is 0.264 e. The highest BCUT2D eigenvalue weighted by molar-refractivity contribution is 6.34. The summed E-state index contributed by atoms with van der Waals surface area (Å²) in [6, 6.07) is 1.86. The van der Waals surface area contributed by atoms with Crippen LogP contribution in [0.25, 0.3) is 11.4 Å². The van der Waals surface area contributed by atoms with Crippen molar-refractivity contribution in [1.29, 1.82) is 0 Å². The molecule has 2 heterocycles. The van der Waals surface area contributed by atoms with E-state index in [4.69, 9.17) is 23.2 Å². The first kappa shape index (κ1) is 13.2. The second-order valence-corrected chi connectivity index (χ2v) is 4.76. The number of hydrogen-bond donors (Lipinski definition) is 0. The summed E-state index contributed by atoms with van der Waals surface area (Å²) >= 11 is 12.3. The second kappa shape index (κ2) is 5.63. The van der Waals surface area contributed by atoms with Crippen LogP contribution < -0.4 is 0 Å². The molecule has 94 valence electrons. The van der Waals surface area contributed by atoms with Crippen LogP contribution in [0.4, 0.5) is 0 Å². The van der Waals surface area contributed by atoms with Crippen molar-refractivity contribution in [3.05, 3.63) is 39.9 Å². The molecule has 18 heavy (non-hydrogen) atoms. The predicted octanol–water partition coefficient (Wildman–Crippen LogP) is 4.11. The Kier molecular flexibility index (Phi) is 4.15. The van der Waals surface area contributed by atoms with Gasteiger partial charge in [-0.1, -0.05) is 36.5 Å². The van der Waals surface area contributed by atoms with Crippen LogP contribution in [0.3, 0.4) is 0 Å². The van der Waals surface area contributed by atoms with E-state index in [0.717, 1.165) is 29.5 Å². The monoisotopic (exact) mass is 281 g/mol. The van der Waals surface area contributed by atoms with Crippen LogP contribution in [0, 0.1) is 6.92 Å². The Morgan fingerprint density at radius 3 is 2.39 bits per heavy atom. The molecule has 0 atom stereocenters. The molecule has 3 nitrogen and oxygen atoms in total. The summed E-state index contributed by atoms with van der Waals surface area (Å²) in [4.78, 5) is 12.7. The van der Waals surface area contributed by atoms with Gasteiger partial charge < -0.3 is 0 Å². The number of hydrogen-bond acceptors (Lipinski definition) is 3. The topological polar surface area (TPSA) is 38.7 Å². The van der Waals surface area contributed by atoms with Crippen LogP contribution >= 0.6 is 23.2 Å². The zero-order valence-corrected chi connectivity index (χ0v) is 11.8. The zero-order chi connectivity index (χ0) is 13.1. The van der Waals surface area contributed by atoms with Gasteiger partial charge in [-0.05, 0) is 25.0 Å². The van der Waals surface area contributed by atoms with Crippen LogP contribution in [0.5, 0.6) is 0 Å². The SMILES string of the molecule is CCCc1c(Cl)nc(-c2ccncc2C)nc1Cl. The Morgan fingerprint density at radius 2 is 1.83 bits per heavy atom. The highest BCUT2D eigenvalue weighted by Gasteiger charge is 2.13. The smallest absolute Gasteiger partial charge is 0.162 e. The van der Waals surface area contributed by atoms with E-state index in [1.807, 2.05) is 13.0 Å². The van der Waals surface area contributed by atoms with E-state index in [-0.39, 0.29) is 0 Å². The maximum absolute atomic E-state index is 6.16. The molecular formula is C13H13Cl2N3. The van der Waals surface area contributed by atoms with Gasteiger partial charge in [0, 0.05) is 23.5 Å². The summed E-state index contributed by atoms with van der Waals surface area (Å²) in [7, 11) is 0. The third kappa shape index (κ3) is 2.62. The summed E-state index contributed by atoms with van der Waals surface area (Å²) in [6.45, 7) is 4.01. The third-order valence-electron chi connectivity index (χ3n) is 2.67. The molecule has 2 rings (SSSR count). The minimum Gasteiger partial charge on any atom is -0.264 e. The maximum Gasteiger partial charge on any atom is 0.162 e. The molecule has 0 saturated carbocycles. The molecule has 0 amide bonds. The van der Waals surface area contributed by atoms with Gasteiger partial charge in [0.2, 0.25) is 0 Å². The number of halogens is 2. The second-order valence-electron chi connectivity index (χ2n) is 4.05. The van der Waals surface area contributed by atoms with Gasteiger partial charge >= 0.3 is 0 Å². The van der Waals surface area contributed by atoms with Crippen LogP contribution in [-0.4, -0.2) is 15.0 Å². The molecule has 5 heteroatoms. The summed E-state index contributed by atoms with van der Waals surface area (Å²) < 4.78 is 0. The first-order valence-corrected chi connectivity index (χ1v) is 6.52. The van der Waals surface area contributed by atoms with Crippen molar-refractivity contribution >= 4 is 23.2 Å². The van der Waals surface area contributed by atoms with E-state index < -0.39 is 0 Å². The number of rotatable bonds is 3. The number of aryl methyl sites for hydroxylation is 1. The highest BCUT2D eigenvalue weighted by atomic mass is 35.5. The third-order valence-corrected chi connectivity index (χ3v) is 3.29.